The Kier molecular flexibility index (Phi) is 7.00. The molecule has 0 unspecified atom stereocenters. The molecule has 5 nitrogen and oxygen atoms in total. The number of anilines is 1. The van der Waals surface area contributed by atoms with Crippen LogP contribution < -0.4 is 10.2 Å². The van der Waals surface area contributed by atoms with E-state index in [-0.39, 0.29) is 0 Å². The van der Waals surface area contributed by atoms with Gasteiger partial charge < -0.3 is 10.2 Å². The third-order valence-electron chi connectivity index (χ3n) is 4.19. The lowest BCUT2D eigenvalue weighted by Crippen LogP contribution is -2.49. The van der Waals surface area contributed by atoms with Crippen LogP contribution in [-0.2, 0) is 6.42 Å². The van der Waals surface area contributed by atoms with E-state index in [1.807, 2.05) is 0 Å². The van der Waals surface area contributed by atoms with E-state index in [1.165, 1.54) is 44.9 Å². The fourth-order valence-corrected chi connectivity index (χ4v) is 2.90. The lowest BCUT2D eigenvalue weighted by molar-refractivity contribution is 0.479. The molecule has 0 aliphatic carbocycles. The zero-order chi connectivity index (χ0) is 14.9. The maximum Gasteiger partial charge on any atom is 0.244 e. The van der Waals surface area contributed by atoms with Gasteiger partial charge in [-0.2, -0.15) is 4.98 Å². The normalized spacial score (nSPS) is 19.1. The molecule has 0 bridgehead atoms. The zero-order valence-electron chi connectivity index (χ0n) is 13.7. The number of piperazine rings is 1. The minimum absolute atomic E-state index is 0.517. The van der Waals surface area contributed by atoms with Gasteiger partial charge in [-0.15, -0.1) is 5.10 Å². The largest absolute Gasteiger partial charge is 0.337 e. The van der Waals surface area contributed by atoms with Gasteiger partial charge in [0.2, 0.25) is 5.95 Å². The standard InChI is InChI=1S/C16H31N5/c1-3-4-5-6-7-8-9-10-15-18-16(20-19-15)21-12-11-17-14(2)13-21/h14,17H,3-13H2,1-2H3,(H,18,19,20)/t14-/m1/s1. The lowest BCUT2D eigenvalue weighted by Gasteiger charge is -2.30. The Morgan fingerprint density at radius 1 is 1.14 bits per heavy atom. The van der Waals surface area contributed by atoms with E-state index in [2.05, 4.69) is 39.2 Å². The molecule has 1 aliphatic heterocycles. The smallest absolute Gasteiger partial charge is 0.244 e. The van der Waals surface area contributed by atoms with Gasteiger partial charge in [0.25, 0.3) is 0 Å². The highest BCUT2D eigenvalue weighted by Gasteiger charge is 2.19. The van der Waals surface area contributed by atoms with E-state index >= 15 is 0 Å². The first-order valence-electron chi connectivity index (χ1n) is 8.69. The number of aryl methyl sites for hydroxylation is 1. The second-order valence-corrected chi connectivity index (χ2v) is 6.25. The molecule has 0 aromatic carbocycles. The van der Waals surface area contributed by atoms with E-state index in [4.69, 9.17) is 0 Å². The van der Waals surface area contributed by atoms with E-state index < -0.39 is 0 Å². The summed E-state index contributed by atoms with van der Waals surface area (Å²) in [6.45, 7) is 7.48. The highest BCUT2D eigenvalue weighted by atomic mass is 15.4. The van der Waals surface area contributed by atoms with Gasteiger partial charge in [0.15, 0.2) is 0 Å². The Labute approximate surface area is 128 Å². The van der Waals surface area contributed by atoms with E-state index in [9.17, 15) is 0 Å². The fraction of sp³-hybridized carbons (Fsp3) is 0.875. The molecule has 1 aromatic heterocycles. The molecule has 1 atom stereocenters. The van der Waals surface area contributed by atoms with Crippen molar-refractivity contribution in [2.75, 3.05) is 24.5 Å². The highest BCUT2D eigenvalue weighted by molar-refractivity contribution is 5.30. The average molecular weight is 293 g/mol. The monoisotopic (exact) mass is 293 g/mol. The van der Waals surface area contributed by atoms with Crippen molar-refractivity contribution in [3.05, 3.63) is 5.82 Å². The van der Waals surface area contributed by atoms with Crippen LogP contribution >= 0.6 is 0 Å². The van der Waals surface area contributed by atoms with Gasteiger partial charge in [0, 0.05) is 32.1 Å². The fourth-order valence-electron chi connectivity index (χ4n) is 2.90. The van der Waals surface area contributed by atoms with Crippen LogP contribution in [0.4, 0.5) is 5.95 Å². The molecule has 1 aromatic rings. The predicted octanol–water partition coefficient (Wildman–Crippen LogP) is 2.90. The Morgan fingerprint density at radius 2 is 1.90 bits per heavy atom. The van der Waals surface area contributed by atoms with E-state index in [0.717, 1.165) is 37.8 Å². The lowest BCUT2D eigenvalue weighted by atomic mass is 10.1. The minimum Gasteiger partial charge on any atom is -0.337 e. The molecule has 0 saturated carbocycles. The molecule has 1 fully saturated rings. The summed E-state index contributed by atoms with van der Waals surface area (Å²) in [7, 11) is 0. The van der Waals surface area contributed by atoms with Gasteiger partial charge in [0.1, 0.15) is 5.82 Å². The molecule has 0 radical (unpaired) electrons. The number of hydrogen-bond acceptors (Lipinski definition) is 4. The quantitative estimate of drug-likeness (QED) is 0.687. The second kappa shape index (κ2) is 9.03. The molecule has 2 rings (SSSR count). The van der Waals surface area contributed by atoms with Gasteiger partial charge in [0.05, 0.1) is 0 Å². The molecule has 120 valence electrons. The molecular formula is C16H31N5. The van der Waals surface area contributed by atoms with Crippen molar-refractivity contribution in [2.24, 2.45) is 0 Å². The van der Waals surface area contributed by atoms with Crippen LogP contribution in [0.25, 0.3) is 0 Å². The molecule has 2 heterocycles. The number of nitrogens with one attached hydrogen (secondary N) is 2. The Morgan fingerprint density at radius 3 is 2.67 bits per heavy atom. The van der Waals surface area contributed by atoms with Gasteiger partial charge in [-0.1, -0.05) is 45.4 Å². The van der Waals surface area contributed by atoms with E-state index in [1.54, 1.807) is 0 Å². The van der Waals surface area contributed by atoms with Crippen LogP contribution in [0.2, 0.25) is 0 Å². The summed E-state index contributed by atoms with van der Waals surface area (Å²) < 4.78 is 0. The van der Waals surface area contributed by atoms with Gasteiger partial charge in [-0.25, -0.2) is 0 Å². The summed E-state index contributed by atoms with van der Waals surface area (Å²) in [5.74, 6) is 1.92. The van der Waals surface area contributed by atoms with Gasteiger partial charge >= 0.3 is 0 Å². The first-order valence-corrected chi connectivity index (χ1v) is 8.69. The SMILES string of the molecule is CCCCCCCCCc1nc(N2CCN[C@H](C)C2)n[nH]1. The van der Waals surface area contributed by atoms with Crippen molar-refractivity contribution < 1.29 is 0 Å². The van der Waals surface area contributed by atoms with Crippen molar-refractivity contribution in [3.63, 3.8) is 0 Å². The number of aromatic nitrogens is 3. The number of hydrogen-bond donors (Lipinski definition) is 2. The highest BCUT2D eigenvalue weighted by Crippen LogP contribution is 2.12. The number of rotatable bonds is 9. The van der Waals surface area contributed by atoms with Crippen LogP contribution in [0, 0.1) is 0 Å². The van der Waals surface area contributed by atoms with Crippen molar-refractivity contribution in [3.8, 4) is 0 Å². The van der Waals surface area contributed by atoms with Crippen molar-refractivity contribution in [1.82, 2.24) is 20.5 Å². The van der Waals surface area contributed by atoms with Crippen molar-refractivity contribution in [2.45, 2.75) is 71.3 Å². The van der Waals surface area contributed by atoms with Crippen molar-refractivity contribution in [1.29, 1.82) is 0 Å². The molecular weight excluding hydrogens is 262 g/mol. The third-order valence-corrected chi connectivity index (χ3v) is 4.19. The number of H-pyrrole nitrogens is 1. The first kappa shape index (κ1) is 16.3. The average Bonchev–Trinajstić information content (AvgIpc) is 2.95. The number of aromatic amines is 1. The number of unbranched alkanes of at least 4 members (excludes halogenated alkanes) is 6. The topological polar surface area (TPSA) is 56.8 Å². The molecule has 21 heavy (non-hydrogen) atoms. The van der Waals surface area contributed by atoms with Gasteiger partial charge in [-0.05, 0) is 13.3 Å². The van der Waals surface area contributed by atoms with E-state index in [0.29, 0.717) is 6.04 Å². The summed E-state index contributed by atoms with van der Waals surface area (Å²) in [5, 5.41) is 10.9. The molecule has 5 heteroatoms. The summed E-state index contributed by atoms with van der Waals surface area (Å²) >= 11 is 0. The van der Waals surface area contributed by atoms with Gasteiger partial charge in [-0.3, -0.25) is 5.10 Å². The Hall–Kier alpha value is -1.10. The molecule has 2 N–H and O–H groups in total. The molecule has 1 aliphatic rings. The van der Waals surface area contributed by atoms with Crippen LogP contribution in [-0.4, -0.2) is 40.9 Å². The Balaban J connectivity index is 1.64. The second-order valence-electron chi connectivity index (χ2n) is 6.25. The molecule has 0 spiro atoms. The molecule has 0 amide bonds. The predicted molar refractivity (Wildman–Crippen MR) is 87.8 cm³/mol. The number of nitrogens with zero attached hydrogens (tertiary/aromatic N) is 3. The minimum atomic E-state index is 0.517. The summed E-state index contributed by atoms with van der Waals surface area (Å²) in [6.07, 6.45) is 10.4. The van der Waals surface area contributed by atoms with Crippen LogP contribution in [0.15, 0.2) is 0 Å². The maximum atomic E-state index is 4.65. The van der Waals surface area contributed by atoms with Crippen LogP contribution in [0.3, 0.4) is 0 Å². The maximum absolute atomic E-state index is 4.65. The summed E-state index contributed by atoms with van der Waals surface area (Å²) in [6, 6.07) is 0.517. The van der Waals surface area contributed by atoms with Crippen LogP contribution in [0.1, 0.15) is 64.6 Å². The first-order chi connectivity index (χ1) is 10.3. The third kappa shape index (κ3) is 5.65. The zero-order valence-corrected chi connectivity index (χ0v) is 13.7. The molecule has 1 saturated heterocycles. The summed E-state index contributed by atoms with van der Waals surface area (Å²) in [5.41, 5.74) is 0. The van der Waals surface area contributed by atoms with Crippen molar-refractivity contribution >= 4 is 5.95 Å². The Bertz CT molecular complexity index is 390. The summed E-state index contributed by atoms with van der Waals surface area (Å²) in [4.78, 5) is 6.92. The van der Waals surface area contributed by atoms with Crippen LogP contribution in [0.5, 0.6) is 0 Å².